The largest absolute Gasteiger partial charge is 0.478 e. The van der Waals surface area contributed by atoms with E-state index in [4.69, 9.17) is 28.3 Å². The van der Waals surface area contributed by atoms with Gasteiger partial charge in [0.15, 0.2) is 0 Å². The van der Waals surface area contributed by atoms with E-state index in [9.17, 15) is 9.59 Å². The van der Waals surface area contributed by atoms with Gasteiger partial charge in [-0.2, -0.15) is 0 Å². The predicted molar refractivity (Wildman–Crippen MR) is 79.6 cm³/mol. The van der Waals surface area contributed by atoms with Crippen LogP contribution in [0, 0.1) is 0 Å². The highest BCUT2D eigenvalue weighted by Gasteiger charge is 2.27. The zero-order chi connectivity index (χ0) is 15.1. The van der Waals surface area contributed by atoms with Crippen LogP contribution < -0.4 is 4.90 Å². The lowest BCUT2D eigenvalue weighted by Gasteiger charge is -2.16. The number of anilines is 1. The predicted octanol–water partition coefficient (Wildman–Crippen LogP) is 3.22. The van der Waals surface area contributed by atoms with Crippen LogP contribution in [0.15, 0.2) is 24.3 Å². The number of aromatic amines is 1. The Balaban J connectivity index is 1.98. The molecule has 7 heteroatoms. The van der Waals surface area contributed by atoms with Gasteiger partial charge in [-0.1, -0.05) is 29.3 Å². The van der Waals surface area contributed by atoms with Crippen molar-refractivity contribution in [3.05, 3.63) is 51.3 Å². The third kappa shape index (κ3) is 2.39. The molecule has 1 amide bonds. The van der Waals surface area contributed by atoms with Crippen LogP contribution >= 0.6 is 23.2 Å². The normalized spacial score (nSPS) is 13.3. The van der Waals surface area contributed by atoms with Gasteiger partial charge in [0.2, 0.25) is 0 Å². The van der Waals surface area contributed by atoms with E-state index in [1.165, 1.54) is 23.1 Å². The SMILES string of the molecule is O=C(O)c1ccc2c(c1)N(C(=O)c1cc(Cl)c(Cl)[nH]1)CC2. The molecule has 0 radical (unpaired) electrons. The molecule has 2 N–H and O–H groups in total. The molecule has 0 atom stereocenters. The third-order valence-corrected chi connectivity index (χ3v) is 4.12. The van der Waals surface area contributed by atoms with E-state index in [0.717, 1.165) is 5.56 Å². The van der Waals surface area contributed by atoms with Crippen LogP contribution in [0.1, 0.15) is 26.4 Å². The average Bonchev–Trinajstić information content (AvgIpc) is 3.01. The van der Waals surface area contributed by atoms with Crippen LogP contribution in [-0.2, 0) is 6.42 Å². The van der Waals surface area contributed by atoms with Crippen molar-refractivity contribution in [3.63, 3.8) is 0 Å². The number of H-pyrrole nitrogens is 1. The van der Waals surface area contributed by atoms with Gasteiger partial charge in [0, 0.05) is 12.2 Å². The van der Waals surface area contributed by atoms with Crippen molar-refractivity contribution in [2.45, 2.75) is 6.42 Å². The summed E-state index contributed by atoms with van der Waals surface area (Å²) in [5, 5.41) is 9.54. The number of benzene rings is 1. The van der Waals surface area contributed by atoms with E-state index in [-0.39, 0.29) is 27.3 Å². The smallest absolute Gasteiger partial charge is 0.335 e. The maximum absolute atomic E-state index is 12.5. The van der Waals surface area contributed by atoms with Gasteiger partial charge >= 0.3 is 5.97 Å². The van der Waals surface area contributed by atoms with Gasteiger partial charge in [-0.15, -0.1) is 0 Å². The van der Waals surface area contributed by atoms with Crippen molar-refractivity contribution in [1.82, 2.24) is 4.98 Å². The Morgan fingerprint density at radius 1 is 1.24 bits per heavy atom. The summed E-state index contributed by atoms with van der Waals surface area (Å²) < 4.78 is 0. The van der Waals surface area contributed by atoms with Crippen molar-refractivity contribution >= 4 is 40.8 Å². The molecule has 0 aliphatic carbocycles. The second-order valence-electron chi connectivity index (χ2n) is 4.70. The van der Waals surface area contributed by atoms with Crippen LogP contribution in [0.25, 0.3) is 0 Å². The van der Waals surface area contributed by atoms with Crippen LogP contribution in [0.3, 0.4) is 0 Å². The molecule has 21 heavy (non-hydrogen) atoms. The molecular weight excluding hydrogens is 315 g/mol. The van der Waals surface area contributed by atoms with E-state index in [1.54, 1.807) is 6.07 Å². The summed E-state index contributed by atoms with van der Waals surface area (Å²) in [7, 11) is 0. The number of halogens is 2. The fraction of sp³-hybridized carbons (Fsp3) is 0.143. The Morgan fingerprint density at radius 3 is 2.62 bits per heavy atom. The Labute approximate surface area is 130 Å². The number of hydrogen-bond donors (Lipinski definition) is 2. The molecule has 1 aromatic heterocycles. The highest BCUT2D eigenvalue weighted by atomic mass is 35.5. The first-order valence-corrected chi connectivity index (χ1v) is 6.95. The number of aromatic carboxylic acids is 1. The lowest BCUT2D eigenvalue weighted by molar-refractivity contribution is 0.0696. The molecule has 108 valence electrons. The Hall–Kier alpha value is -1.98. The van der Waals surface area contributed by atoms with E-state index in [2.05, 4.69) is 4.98 Å². The second-order valence-corrected chi connectivity index (χ2v) is 5.49. The van der Waals surface area contributed by atoms with Gasteiger partial charge in [0.1, 0.15) is 10.8 Å². The van der Waals surface area contributed by atoms with Gasteiger partial charge in [0.05, 0.1) is 10.6 Å². The summed E-state index contributed by atoms with van der Waals surface area (Å²) in [6, 6.07) is 6.25. The Kier molecular flexibility index (Phi) is 3.39. The molecule has 0 spiro atoms. The van der Waals surface area contributed by atoms with Crippen molar-refractivity contribution in [1.29, 1.82) is 0 Å². The lowest BCUT2D eigenvalue weighted by atomic mass is 10.1. The molecule has 2 aromatic rings. The number of nitrogens with zero attached hydrogens (tertiary/aromatic N) is 1. The summed E-state index contributed by atoms with van der Waals surface area (Å²) in [4.78, 5) is 27.8. The first-order valence-electron chi connectivity index (χ1n) is 6.19. The van der Waals surface area contributed by atoms with Gasteiger partial charge in [-0.3, -0.25) is 4.79 Å². The minimum Gasteiger partial charge on any atom is -0.478 e. The number of amides is 1. The molecule has 0 saturated heterocycles. The first-order chi connectivity index (χ1) is 9.97. The number of carbonyl (C=O) groups excluding carboxylic acids is 1. The van der Waals surface area contributed by atoms with E-state index >= 15 is 0 Å². The molecule has 0 fully saturated rings. The third-order valence-electron chi connectivity index (χ3n) is 3.43. The average molecular weight is 325 g/mol. The number of carboxylic acids is 1. The number of aromatic nitrogens is 1. The minimum atomic E-state index is -1.02. The number of rotatable bonds is 2. The van der Waals surface area contributed by atoms with Gasteiger partial charge in [-0.25, -0.2) is 4.79 Å². The van der Waals surface area contributed by atoms with Gasteiger partial charge in [-0.05, 0) is 30.2 Å². The number of hydrogen-bond acceptors (Lipinski definition) is 2. The molecule has 0 bridgehead atoms. The monoisotopic (exact) mass is 324 g/mol. The Morgan fingerprint density at radius 2 is 2.00 bits per heavy atom. The van der Waals surface area contributed by atoms with Crippen molar-refractivity contribution in [2.24, 2.45) is 0 Å². The molecule has 1 aliphatic rings. The highest BCUT2D eigenvalue weighted by Crippen LogP contribution is 2.31. The number of fused-ring (bicyclic) bond motifs is 1. The topological polar surface area (TPSA) is 73.4 Å². The summed E-state index contributed by atoms with van der Waals surface area (Å²) in [5.41, 5.74) is 1.98. The molecule has 2 heterocycles. The molecule has 3 rings (SSSR count). The first kappa shape index (κ1) is 14.0. The second kappa shape index (κ2) is 5.09. The lowest BCUT2D eigenvalue weighted by Crippen LogP contribution is -2.29. The zero-order valence-corrected chi connectivity index (χ0v) is 12.2. The van der Waals surface area contributed by atoms with Crippen LogP contribution in [-0.4, -0.2) is 28.5 Å². The Bertz CT molecular complexity index is 735. The maximum Gasteiger partial charge on any atom is 0.335 e. The fourth-order valence-corrected chi connectivity index (χ4v) is 2.70. The zero-order valence-electron chi connectivity index (χ0n) is 10.7. The van der Waals surface area contributed by atoms with Crippen molar-refractivity contribution in [2.75, 3.05) is 11.4 Å². The molecule has 0 unspecified atom stereocenters. The number of carboxylic acid groups (broad SMARTS) is 1. The van der Waals surface area contributed by atoms with Gasteiger partial charge in [0.25, 0.3) is 5.91 Å². The molecule has 0 saturated carbocycles. The summed E-state index contributed by atoms with van der Waals surface area (Å²) >= 11 is 11.6. The van der Waals surface area contributed by atoms with E-state index in [0.29, 0.717) is 18.7 Å². The van der Waals surface area contributed by atoms with E-state index in [1.807, 2.05) is 0 Å². The number of carbonyl (C=O) groups is 2. The maximum atomic E-state index is 12.5. The van der Waals surface area contributed by atoms with E-state index < -0.39 is 5.97 Å². The van der Waals surface area contributed by atoms with Crippen LogP contribution in [0.2, 0.25) is 10.2 Å². The van der Waals surface area contributed by atoms with Crippen LogP contribution in [0.4, 0.5) is 5.69 Å². The quantitative estimate of drug-likeness (QED) is 0.890. The van der Waals surface area contributed by atoms with Crippen LogP contribution in [0.5, 0.6) is 0 Å². The summed E-state index contributed by atoms with van der Waals surface area (Å²) in [5.74, 6) is -1.31. The molecular formula is C14H10Cl2N2O3. The van der Waals surface area contributed by atoms with Gasteiger partial charge < -0.3 is 15.0 Å². The molecule has 1 aliphatic heterocycles. The molecule has 5 nitrogen and oxygen atoms in total. The van der Waals surface area contributed by atoms with Crippen molar-refractivity contribution in [3.8, 4) is 0 Å². The number of nitrogens with one attached hydrogen (secondary N) is 1. The highest BCUT2D eigenvalue weighted by molar-refractivity contribution is 6.41. The standard InChI is InChI=1S/C14H10Cl2N2O3/c15-9-6-10(17-12(9)16)13(19)18-4-3-7-1-2-8(14(20)21)5-11(7)18/h1-2,5-6,17H,3-4H2,(H,20,21). The van der Waals surface area contributed by atoms with Crippen molar-refractivity contribution < 1.29 is 14.7 Å². The summed E-state index contributed by atoms with van der Waals surface area (Å²) in [6.07, 6.45) is 0.684. The minimum absolute atomic E-state index is 0.149. The summed E-state index contributed by atoms with van der Waals surface area (Å²) in [6.45, 7) is 0.492. The fourth-order valence-electron chi connectivity index (χ4n) is 2.39. The molecule has 1 aromatic carbocycles.